The van der Waals surface area contributed by atoms with Crippen LogP contribution in [-0.4, -0.2) is 72.6 Å². The number of aromatic nitrogens is 1. The summed E-state index contributed by atoms with van der Waals surface area (Å²) in [4.78, 5) is 30.6. The Hall–Kier alpha value is -2.19. The van der Waals surface area contributed by atoms with Gasteiger partial charge >= 0.3 is 0 Å². The number of rotatable bonds is 6. The molecule has 8 nitrogen and oxygen atoms in total. The Labute approximate surface area is 184 Å². The second-order valence-corrected chi connectivity index (χ2v) is 9.57. The van der Waals surface area contributed by atoms with Gasteiger partial charge in [0.1, 0.15) is 17.0 Å². The Bertz CT molecular complexity index is 801. The molecule has 5 atom stereocenters. The van der Waals surface area contributed by atoms with Gasteiger partial charge in [0.05, 0.1) is 6.20 Å². The summed E-state index contributed by atoms with van der Waals surface area (Å²) < 4.78 is 6.27. The van der Waals surface area contributed by atoms with Crippen molar-refractivity contribution in [1.82, 2.24) is 25.8 Å². The van der Waals surface area contributed by atoms with Crippen LogP contribution in [-0.2, 0) is 4.79 Å². The first-order chi connectivity index (χ1) is 14.9. The fourth-order valence-corrected chi connectivity index (χ4v) is 5.30. The molecule has 31 heavy (non-hydrogen) atoms. The number of carbonyl (C=O) groups excluding carboxylic acids is 2. The lowest BCUT2D eigenvalue weighted by atomic mass is 9.81. The topological polar surface area (TPSA) is 95.6 Å². The number of likely N-dealkylation sites (tertiary alicyclic amines) is 1. The number of nitrogens with one attached hydrogen (secondary N) is 3. The highest BCUT2D eigenvalue weighted by molar-refractivity contribution is 5.92. The quantitative estimate of drug-likeness (QED) is 0.629. The maximum Gasteiger partial charge on any atom is 0.269 e. The van der Waals surface area contributed by atoms with E-state index in [1.54, 1.807) is 19.3 Å². The number of hydrogen-bond acceptors (Lipinski definition) is 6. The Morgan fingerprint density at radius 1 is 1.35 bits per heavy atom. The highest BCUT2D eigenvalue weighted by Gasteiger charge is 2.41. The molecule has 1 aromatic heterocycles. The summed E-state index contributed by atoms with van der Waals surface area (Å²) in [5.41, 5.74) is 0.116. The van der Waals surface area contributed by atoms with E-state index >= 15 is 0 Å². The number of ether oxygens (including phenoxy) is 1. The van der Waals surface area contributed by atoms with Crippen LogP contribution < -0.4 is 20.7 Å². The van der Waals surface area contributed by atoms with Crippen LogP contribution in [0.2, 0.25) is 0 Å². The first-order valence-corrected chi connectivity index (χ1v) is 11.5. The maximum atomic E-state index is 12.3. The molecule has 0 aromatic carbocycles. The largest absolute Gasteiger partial charge is 0.485 e. The van der Waals surface area contributed by atoms with Gasteiger partial charge in [-0.1, -0.05) is 6.92 Å². The molecule has 8 heteroatoms. The second kappa shape index (κ2) is 9.12. The molecule has 3 aliphatic rings. The molecule has 3 fully saturated rings. The van der Waals surface area contributed by atoms with Gasteiger partial charge in [-0.15, -0.1) is 0 Å². The molecular formula is C23H35N5O3. The minimum Gasteiger partial charge on any atom is -0.485 e. The molecule has 0 bridgehead atoms. The number of hydrogen-bond donors (Lipinski definition) is 3. The molecular weight excluding hydrogens is 394 g/mol. The van der Waals surface area contributed by atoms with Crippen molar-refractivity contribution in [2.75, 3.05) is 33.2 Å². The van der Waals surface area contributed by atoms with Crippen LogP contribution in [0.25, 0.3) is 0 Å². The van der Waals surface area contributed by atoms with Gasteiger partial charge in [0.15, 0.2) is 0 Å². The van der Waals surface area contributed by atoms with Crippen molar-refractivity contribution in [1.29, 1.82) is 0 Å². The predicted molar refractivity (Wildman–Crippen MR) is 118 cm³/mol. The van der Waals surface area contributed by atoms with Crippen molar-refractivity contribution in [2.45, 2.75) is 57.2 Å². The molecule has 3 aliphatic heterocycles. The fraction of sp³-hybridized carbons (Fsp3) is 0.696. The molecule has 0 aliphatic carbocycles. The third-order valence-electron chi connectivity index (χ3n) is 7.06. The van der Waals surface area contributed by atoms with E-state index in [-0.39, 0.29) is 29.4 Å². The van der Waals surface area contributed by atoms with Gasteiger partial charge in [-0.2, -0.15) is 0 Å². The standard InChI is InChI=1S/C23H35N5O3/c1-4-16-10-19-20(27-21(16)29)9-15(11-25-19)13-28-8-7-23(2,14-28)31-17-5-6-18(26-12-17)22(30)24-3/h5-6,12,15-16,19-20,25H,4,7-11,13-14H2,1-3H3,(H,24,30)(H,27,29)/t15?,16?,19?,20?,23-/m1/s1. The zero-order chi connectivity index (χ0) is 22.0. The van der Waals surface area contributed by atoms with Crippen molar-refractivity contribution < 1.29 is 14.3 Å². The average molecular weight is 430 g/mol. The fourth-order valence-electron chi connectivity index (χ4n) is 5.30. The van der Waals surface area contributed by atoms with Crippen LogP contribution in [0, 0.1) is 11.8 Å². The molecule has 4 unspecified atom stereocenters. The number of nitrogens with zero attached hydrogens (tertiary/aromatic N) is 2. The van der Waals surface area contributed by atoms with Gasteiger partial charge < -0.3 is 20.7 Å². The summed E-state index contributed by atoms with van der Waals surface area (Å²) >= 11 is 0. The number of carbonyl (C=O) groups is 2. The molecule has 4 heterocycles. The van der Waals surface area contributed by atoms with Gasteiger partial charge in [-0.25, -0.2) is 4.98 Å². The molecule has 1 aromatic rings. The predicted octanol–water partition coefficient (Wildman–Crippen LogP) is 1.18. The molecule has 3 saturated heterocycles. The SMILES string of the molecule is CCC1CC2NCC(CN3CC[C@@](C)(Oc4ccc(C(=O)NC)nc4)C3)CC2NC1=O. The summed E-state index contributed by atoms with van der Waals surface area (Å²) in [5, 5.41) is 9.53. The third-order valence-corrected chi connectivity index (χ3v) is 7.06. The van der Waals surface area contributed by atoms with E-state index in [1.807, 2.05) is 6.07 Å². The van der Waals surface area contributed by atoms with E-state index in [9.17, 15) is 9.59 Å². The normalized spacial score (nSPS) is 33.5. The van der Waals surface area contributed by atoms with Crippen LogP contribution in [0.5, 0.6) is 5.75 Å². The summed E-state index contributed by atoms with van der Waals surface area (Å²) in [6.45, 7) is 8.10. The van der Waals surface area contributed by atoms with Crippen molar-refractivity contribution in [2.24, 2.45) is 11.8 Å². The van der Waals surface area contributed by atoms with Crippen LogP contribution >= 0.6 is 0 Å². The Morgan fingerprint density at radius 2 is 2.19 bits per heavy atom. The minimum atomic E-state index is -0.270. The summed E-state index contributed by atoms with van der Waals surface area (Å²) in [5.74, 6) is 1.39. The van der Waals surface area contributed by atoms with E-state index in [2.05, 4.69) is 39.7 Å². The summed E-state index contributed by atoms with van der Waals surface area (Å²) in [7, 11) is 1.59. The second-order valence-electron chi connectivity index (χ2n) is 9.57. The highest BCUT2D eigenvalue weighted by Crippen LogP contribution is 2.30. The van der Waals surface area contributed by atoms with Crippen LogP contribution in [0.3, 0.4) is 0 Å². The Kier molecular flexibility index (Phi) is 6.48. The molecule has 4 rings (SSSR count). The monoisotopic (exact) mass is 429 g/mol. The van der Waals surface area contributed by atoms with Crippen molar-refractivity contribution >= 4 is 11.8 Å². The molecule has 0 saturated carbocycles. The van der Waals surface area contributed by atoms with Crippen molar-refractivity contribution in [3.8, 4) is 5.75 Å². The third kappa shape index (κ3) is 5.01. The van der Waals surface area contributed by atoms with Gasteiger partial charge in [-0.3, -0.25) is 14.5 Å². The van der Waals surface area contributed by atoms with Crippen LogP contribution in [0.4, 0.5) is 0 Å². The van der Waals surface area contributed by atoms with Gasteiger partial charge in [0.2, 0.25) is 5.91 Å². The Morgan fingerprint density at radius 3 is 2.90 bits per heavy atom. The lowest BCUT2D eigenvalue weighted by molar-refractivity contribution is -0.129. The highest BCUT2D eigenvalue weighted by atomic mass is 16.5. The molecule has 3 N–H and O–H groups in total. The van der Waals surface area contributed by atoms with Crippen LogP contribution in [0.15, 0.2) is 18.3 Å². The van der Waals surface area contributed by atoms with Crippen LogP contribution in [0.1, 0.15) is 50.0 Å². The summed E-state index contributed by atoms with van der Waals surface area (Å²) in [6.07, 6.45) is 5.49. The first kappa shape index (κ1) is 22.0. The van der Waals surface area contributed by atoms with Crippen molar-refractivity contribution in [3.05, 3.63) is 24.0 Å². The molecule has 0 spiro atoms. The number of pyridine rings is 1. The zero-order valence-corrected chi connectivity index (χ0v) is 18.8. The van der Waals surface area contributed by atoms with E-state index in [0.717, 1.165) is 51.9 Å². The van der Waals surface area contributed by atoms with Gasteiger partial charge in [0, 0.05) is 51.1 Å². The smallest absolute Gasteiger partial charge is 0.269 e. The first-order valence-electron chi connectivity index (χ1n) is 11.5. The molecule has 0 radical (unpaired) electrons. The lowest BCUT2D eigenvalue weighted by Crippen LogP contribution is -2.62. The van der Waals surface area contributed by atoms with E-state index in [0.29, 0.717) is 23.4 Å². The molecule has 170 valence electrons. The number of fused-ring (bicyclic) bond motifs is 1. The van der Waals surface area contributed by atoms with E-state index in [4.69, 9.17) is 4.74 Å². The maximum absolute atomic E-state index is 12.3. The molecule has 2 amide bonds. The number of amides is 2. The average Bonchev–Trinajstić information content (AvgIpc) is 3.13. The lowest BCUT2D eigenvalue weighted by Gasteiger charge is -2.43. The minimum absolute atomic E-state index is 0.154. The van der Waals surface area contributed by atoms with Gasteiger partial charge in [-0.05, 0) is 50.8 Å². The van der Waals surface area contributed by atoms with Gasteiger partial charge in [0.25, 0.3) is 5.91 Å². The zero-order valence-electron chi connectivity index (χ0n) is 18.8. The van der Waals surface area contributed by atoms with E-state index in [1.165, 1.54) is 0 Å². The van der Waals surface area contributed by atoms with Crippen molar-refractivity contribution in [3.63, 3.8) is 0 Å². The Balaban J connectivity index is 1.28. The number of piperidine rings is 2. The summed E-state index contributed by atoms with van der Waals surface area (Å²) in [6, 6.07) is 4.17. The van der Waals surface area contributed by atoms with E-state index < -0.39 is 0 Å².